The summed E-state index contributed by atoms with van der Waals surface area (Å²) in [7, 11) is 4.59. The van der Waals surface area contributed by atoms with Crippen molar-refractivity contribution in [2.45, 2.75) is 98.8 Å². The van der Waals surface area contributed by atoms with Crippen molar-refractivity contribution in [3.8, 4) is 28.4 Å². The molecule has 0 spiro atoms. The largest absolute Gasteiger partial charge is 0.516 e. The average Bonchev–Trinajstić information content (AvgIpc) is 3.55. The Kier molecular flexibility index (Phi) is 13.1. The summed E-state index contributed by atoms with van der Waals surface area (Å²) in [6, 6.07) is 52.4. The van der Waals surface area contributed by atoms with Gasteiger partial charge in [-0.15, -0.1) is 41.4 Å². The van der Waals surface area contributed by atoms with E-state index < -0.39 is 0 Å². The minimum absolute atomic E-state index is 0. The number of rotatable bonds is 10. The Balaban J connectivity index is 0.00000612. The van der Waals surface area contributed by atoms with Crippen LogP contribution in [-0.4, -0.2) is 9.55 Å². The number of ether oxygens (including phenoxy) is 1. The van der Waals surface area contributed by atoms with Gasteiger partial charge >= 0.3 is 0 Å². The molecule has 0 unspecified atom stereocenters. The zero-order chi connectivity index (χ0) is 44.8. The molecule has 0 fully saturated rings. The van der Waals surface area contributed by atoms with E-state index in [1.807, 2.05) is 35.4 Å². The van der Waals surface area contributed by atoms with Gasteiger partial charge in [0.1, 0.15) is 5.82 Å². The van der Waals surface area contributed by atoms with Crippen LogP contribution in [-0.2, 0) is 43.7 Å². The predicted octanol–water partition coefficient (Wildman–Crippen LogP) is 16.0. The first kappa shape index (κ1) is 46.4. The van der Waals surface area contributed by atoms with Crippen molar-refractivity contribution in [2.75, 3.05) is 10.2 Å². The van der Waals surface area contributed by atoms with E-state index in [0.29, 0.717) is 17.4 Å². The van der Waals surface area contributed by atoms with Gasteiger partial charge in [0.15, 0.2) is 0 Å². The van der Waals surface area contributed by atoms with Crippen LogP contribution >= 0.6 is 0 Å². The van der Waals surface area contributed by atoms with E-state index in [0.717, 1.165) is 51.4 Å². The summed E-state index contributed by atoms with van der Waals surface area (Å²) in [5, 5.41) is 6.11. The molecule has 0 saturated heterocycles. The van der Waals surface area contributed by atoms with E-state index in [1.54, 1.807) is 0 Å². The maximum absolute atomic E-state index is 6.63. The van der Waals surface area contributed by atoms with Crippen LogP contribution in [0.2, 0.25) is 0 Å². The Bertz CT molecular complexity index is 2930. The van der Waals surface area contributed by atoms with Crippen molar-refractivity contribution in [1.82, 2.24) is 9.55 Å². The van der Waals surface area contributed by atoms with Gasteiger partial charge < -0.3 is 19.5 Å². The molecule has 0 aliphatic carbocycles. The Hall–Kier alpha value is -5.64. The van der Waals surface area contributed by atoms with Crippen molar-refractivity contribution in [3.63, 3.8) is 0 Å². The Morgan fingerprint density at radius 1 is 0.656 bits per heavy atom. The molecule has 2 aromatic heterocycles. The molecular formula is C58H61N4OPt-3. The van der Waals surface area contributed by atoms with Crippen LogP contribution < -0.4 is 15.0 Å². The summed E-state index contributed by atoms with van der Waals surface area (Å²) < 4.78 is 8.85. The van der Waals surface area contributed by atoms with E-state index in [2.05, 4.69) is 208 Å². The van der Waals surface area contributed by atoms with Crippen LogP contribution in [0.3, 0.4) is 0 Å². The maximum Gasteiger partial charge on any atom is 0.135 e. The zero-order valence-electron chi connectivity index (χ0n) is 39.3. The predicted molar refractivity (Wildman–Crippen MR) is 267 cm³/mol. The van der Waals surface area contributed by atoms with Gasteiger partial charge in [-0.2, -0.15) is 12.1 Å². The molecule has 1 N–H and O–H groups in total. The molecule has 0 amide bonds. The van der Waals surface area contributed by atoms with Gasteiger partial charge in [-0.1, -0.05) is 136 Å². The normalized spacial score (nSPS) is 12.1. The summed E-state index contributed by atoms with van der Waals surface area (Å²) in [5.74, 6) is 2.56. The van der Waals surface area contributed by atoms with Gasteiger partial charge in [0.2, 0.25) is 0 Å². The molecule has 0 radical (unpaired) electrons. The number of hydrogen-bond acceptors (Lipinski definition) is 4. The molecule has 0 atom stereocenters. The number of anilines is 4. The standard InChI is InChI=1S/C58H61N4O.Pt/c1-38(2)29-39-27-28-59-55(30-39)62-52-25-21-42(56(3,4)5)34-50(52)49-24-23-48(37-54(49)62)63-47-20-16-19-46(36-47)61(12)53-26-22-43(57(6,7)8)35-51(53)60-45-32-41(40-17-14-13-15-18-40)31-44(33-45)58(9,10)11;/h13-28,30-35,38,60H,12,29H2,1-11H3;/q-3;. The number of pyridine rings is 1. The summed E-state index contributed by atoms with van der Waals surface area (Å²) in [6.07, 6.45) is 2.90. The number of hydrogen-bond donors (Lipinski definition) is 1. The third-order valence-corrected chi connectivity index (χ3v) is 11.8. The van der Waals surface area contributed by atoms with Crippen molar-refractivity contribution in [3.05, 3.63) is 175 Å². The molecular weight excluding hydrogens is 964 g/mol. The van der Waals surface area contributed by atoms with Crippen LogP contribution in [0, 0.1) is 25.1 Å². The number of benzene rings is 6. The fourth-order valence-electron chi connectivity index (χ4n) is 8.19. The molecule has 6 heteroatoms. The van der Waals surface area contributed by atoms with Gasteiger partial charge in [-0.3, -0.25) is 7.05 Å². The molecule has 6 aromatic carbocycles. The van der Waals surface area contributed by atoms with Crippen molar-refractivity contribution < 1.29 is 25.8 Å². The molecule has 2 heterocycles. The number of nitrogens with zero attached hydrogens (tertiary/aromatic N) is 3. The first-order valence-corrected chi connectivity index (χ1v) is 22.2. The zero-order valence-corrected chi connectivity index (χ0v) is 41.5. The average molecular weight is 1030 g/mol. The summed E-state index contributed by atoms with van der Waals surface area (Å²) in [5.41, 5.74) is 12.9. The Labute approximate surface area is 396 Å². The number of aromatic nitrogens is 2. The fraction of sp³-hybridized carbons (Fsp3) is 0.276. The monoisotopic (exact) mass is 1020 g/mol. The van der Waals surface area contributed by atoms with Gasteiger partial charge in [0.25, 0.3) is 0 Å². The van der Waals surface area contributed by atoms with Crippen LogP contribution in [0.15, 0.2) is 134 Å². The molecule has 0 aliphatic heterocycles. The minimum atomic E-state index is -0.0611. The van der Waals surface area contributed by atoms with Crippen LogP contribution in [0.5, 0.6) is 11.5 Å². The quantitative estimate of drug-likeness (QED) is 0.139. The summed E-state index contributed by atoms with van der Waals surface area (Å²) in [6.45, 7) is 24.8. The first-order valence-electron chi connectivity index (χ1n) is 22.2. The molecule has 0 aliphatic rings. The van der Waals surface area contributed by atoms with Gasteiger partial charge in [0.05, 0.1) is 5.69 Å². The second-order valence-electron chi connectivity index (χ2n) is 20.5. The second kappa shape index (κ2) is 18.1. The van der Waals surface area contributed by atoms with Gasteiger partial charge in [-0.25, -0.2) is 4.98 Å². The Morgan fingerprint density at radius 2 is 1.34 bits per heavy atom. The van der Waals surface area contributed by atoms with Gasteiger partial charge in [0, 0.05) is 55.7 Å². The SMILES string of the molecule is [CH2-]N(c1[c-]c(Oc2[c-]c3c(cc2)c2cc(C(C)(C)C)ccc2n3-c2cc(CC(C)C)ccn2)ccc1)c1ccc(C(C)(C)C)cc1Nc1cc(-c2ccccc2)cc(C(C)(C)C)c1.[Pt]. The van der Waals surface area contributed by atoms with Crippen molar-refractivity contribution in [1.29, 1.82) is 0 Å². The second-order valence-corrected chi connectivity index (χ2v) is 20.5. The van der Waals surface area contributed by atoms with E-state index in [4.69, 9.17) is 9.72 Å². The van der Waals surface area contributed by atoms with Crippen LogP contribution in [0.1, 0.15) is 98.4 Å². The smallest absolute Gasteiger partial charge is 0.135 e. The molecule has 8 rings (SSSR count). The van der Waals surface area contributed by atoms with Crippen LogP contribution in [0.4, 0.5) is 22.7 Å². The number of nitrogens with one attached hydrogen (secondary N) is 1. The molecule has 0 bridgehead atoms. The number of fused-ring (bicyclic) bond motifs is 3. The fourth-order valence-corrected chi connectivity index (χ4v) is 8.19. The van der Waals surface area contributed by atoms with Crippen molar-refractivity contribution >= 4 is 44.6 Å². The molecule has 8 aromatic rings. The summed E-state index contributed by atoms with van der Waals surface area (Å²) in [4.78, 5) is 6.83. The third-order valence-electron chi connectivity index (χ3n) is 11.8. The molecule has 0 saturated carbocycles. The molecule has 64 heavy (non-hydrogen) atoms. The molecule has 332 valence electrons. The summed E-state index contributed by atoms with van der Waals surface area (Å²) >= 11 is 0. The minimum Gasteiger partial charge on any atom is -0.516 e. The van der Waals surface area contributed by atoms with E-state index in [9.17, 15) is 0 Å². The molecule has 5 nitrogen and oxygen atoms in total. The van der Waals surface area contributed by atoms with Gasteiger partial charge in [-0.05, 0) is 110 Å². The Morgan fingerprint density at radius 3 is 2.05 bits per heavy atom. The maximum atomic E-state index is 6.63. The van der Waals surface area contributed by atoms with Crippen molar-refractivity contribution in [2.24, 2.45) is 5.92 Å². The van der Waals surface area contributed by atoms with E-state index in [1.165, 1.54) is 38.8 Å². The first-order chi connectivity index (χ1) is 29.8. The third kappa shape index (κ3) is 10.0. The van der Waals surface area contributed by atoms with E-state index >= 15 is 0 Å². The topological polar surface area (TPSA) is 42.3 Å². The van der Waals surface area contributed by atoms with Crippen LogP contribution in [0.25, 0.3) is 38.8 Å². The van der Waals surface area contributed by atoms with E-state index in [-0.39, 0.29) is 37.3 Å².